The standard InChI is InChI=1S/C10H8BrClF2O/c11-8(3-4-12)10(15)7-2-1-6(13)5-9(7)14/h1-2,5,8H,3-4H2. The molecule has 0 saturated heterocycles. The molecule has 1 atom stereocenters. The van der Waals surface area contributed by atoms with Crippen LogP contribution in [0.5, 0.6) is 0 Å². The van der Waals surface area contributed by atoms with Gasteiger partial charge in [-0.1, -0.05) is 15.9 Å². The van der Waals surface area contributed by atoms with Gasteiger partial charge in [0.1, 0.15) is 11.6 Å². The molecule has 0 radical (unpaired) electrons. The van der Waals surface area contributed by atoms with Crippen LogP contribution in [0.2, 0.25) is 0 Å². The molecule has 0 aliphatic rings. The lowest BCUT2D eigenvalue weighted by Crippen LogP contribution is -2.16. The maximum absolute atomic E-state index is 13.2. The van der Waals surface area contributed by atoms with E-state index in [9.17, 15) is 13.6 Å². The number of Topliss-reactive ketones (excluding diaryl/α,β-unsaturated/α-hetero) is 1. The van der Waals surface area contributed by atoms with Crippen LogP contribution < -0.4 is 0 Å². The summed E-state index contributed by atoms with van der Waals surface area (Å²) < 4.78 is 25.8. The molecule has 15 heavy (non-hydrogen) atoms. The minimum absolute atomic E-state index is 0.122. The van der Waals surface area contributed by atoms with Crippen molar-refractivity contribution in [2.45, 2.75) is 11.2 Å². The lowest BCUT2D eigenvalue weighted by Gasteiger charge is -2.07. The zero-order valence-electron chi connectivity index (χ0n) is 7.64. The second kappa shape index (κ2) is 5.56. The zero-order chi connectivity index (χ0) is 11.4. The van der Waals surface area contributed by atoms with E-state index < -0.39 is 22.2 Å². The van der Waals surface area contributed by atoms with E-state index in [1.807, 2.05) is 0 Å². The summed E-state index contributed by atoms with van der Waals surface area (Å²) in [6.45, 7) is 0. The average Bonchev–Trinajstić information content (AvgIpc) is 2.17. The summed E-state index contributed by atoms with van der Waals surface area (Å²) in [6, 6.07) is 2.87. The molecule has 0 amide bonds. The number of ketones is 1. The summed E-state index contributed by atoms with van der Waals surface area (Å²) in [5.41, 5.74) is -0.122. The van der Waals surface area contributed by atoms with E-state index in [-0.39, 0.29) is 5.56 Å². The van der Waals surface area contributed by atoms with Gasteiger partial charge in [-0.15, -0.1) is 11.6 Å². The van der Waals surface area contributed by atoms with Crippen LogP contribution in [0.3, 0.4) is 0 Å². The molecule has 0 aliphatic carbocycles. The summed E-state index contributed by atoms with van der Waals surface area (Å²) >= 11 is 8.56. The SMILES string of the molecule is O=C(c1ccc(F)cc1F)C(Br)CCCl. The van der Waals surface area contributed by atoms with Gasteiger partial charge in [0.2, 0.25) is 0 Å². The number of alkyl halides is 2. The molecule has 0 saturated carbocycles. The van der Waals surface area contributed by atoms with Gasteiger partial charge in [0.25, 0.3) is 0 Å². The highest BCUT2D eigenvalue weighted by molar-refractivity contribution is 9.10. The second-order valence-electron chi connectivity index (χ2n) is 2.93. The summed E-state index contributed by atoms with van der Waals surface area (Å²) in [6.07, 6.45) is 0.400. The molecule has 0 heterocycles. The molecule has 0 aromatic heterocycles. The van der Waals surface area contributed by atoms with E-state index in [0.717, 1.165) is 12.1 Å². The fourth-order valence-corrected chi connectivity index (χ4v) is 2.04. The highest BCUT2D eigenvalue weighted by Crippen LogP contribution is 2.17. The predicted molar refractivity (Wildman–Crippen MR) is 58.7 cm³/mol. The van der Waals surface area contributed by atoms with Crippen LogP contribution in [-0.2, 0) is 0 Å². The predicted octanol–water partition coefficient (Wildman–Crippen LogP) is 3.54. The van der Waals surface area contributed by atoms with Crippen molar-refractivity contribution in [3.05, 3.63) is 35.4 Å². The first-order chi connectivity index (χ1) is 7.06. The van der Waals surface area contributed by atoms with Crippen LogP contribution in [0.4, 0.5) is 8.78 Å². The third-order valence-electron chi connectivity index (χ3n) is 1.84. The Hall–Kier alpha value is -0.480. The van der Waals surface area contributed by atoms with Crippen molar-refractivity contribution in [2.75, 3.05) is 5.88 Å². The second-order valence-corrected chi connectivity index (χ2v) is 4.42. The Kier molecular flexibility index (Phi) is 4.67. The van der Waals surface area contributed by atoms with E-state index in [4.69, 9.17) is 11.6 Å². The van der Waals surface area contributed by atoms with Crippen LogP contribution >= 0.6 is 27.5 Å². The molecule has 5 heteroatoms. The number of carbonyl (C=O) groups excluding carboxylic acids is 1. The van der Waals surface area contributed by atoms with Crippen molar-refractivity contribution in [1.29, 1.82) is 0 Å². The third kappa shape index (κ3) is 3.24. The molecule has 0 aliphatic heterocycles. The molecule has 0 N–H and O–H groups in total. The summed E-state index contributed by atoms with van der Waals surface area (Å²) in [5.74, 6) is -1.68. The third-order valence-corrected chi connectivity index (χ3v) is 2.94. The molecule has 1 rings (SSSR count). The van der Waals surface area contributed by atoms with Gasteiger partial charge in [-0.3, -0.25) is 4.79 Å². The van der Waals surface area contributed by atoms with Crippen molar-refractivity contribution < 1.29 is 13.6 Å². The largest absolute Gasteiger partial charge is 0.293 e. The van der Waals surface area contributed by atoms with E-state index in [1.165, 1.54) is 0 Å². The van der Waals surface area contributed by atoms with Crippen LogP contribution in [0.15, 0.2) is 18.2 Å². The first kappa shape index (κ1) is 12.6. The Bertz CT molecular complexity index is 370. The van der Waals surface area contributed by atoms with Gasteiger partial charge in [0.05, 0.1) is 10.4 Å². The molecule has 1 aromatic carbocycles. The van der Waals surface area contributed by atoms with Crippen molar-refractivity contribution in [2.24, 2.45) is 0 Å². The van der Waals surface area contributed by atoms with E-state index in [1.54, 1.807) is 0 Å². The molecule has 1 unspecified atom stereocenters. The fourth-order valence-electron chi connectivity index (χ4n) is 1.08. The first-order valence-corrected chi connectivity index (χ1v) is 5.70. The van der Waals surface area contributed by atoms with Crippen LogP contribution in [0.1, 0.15) is 16.8 Å². The highest BCUT2D eigenvalue weighted by atomic mass is 79.9. The summed E-state index contributed by atoms with van der Waals surface area (Å²) in [7, 11) is 0. The lowest BCUT2D eigenvalue weighted by molar-refractivity contribution is 0.0986. The molecule has 1 nitrogen and oxygen atoms in total. The molecule has 1 aromatic rings. The number of halogens is 4. The zero-order valence-corrected chi connectivity index (χ0v) is 9.99. The smallest absolute Gasteiger partial charge is 0.179 e. The van der Waals surface area contributed by atoms with Crippen LogP contribution in [0, 0.1) is 11.6 Å². The maximum atomic E-state index is 13.2. The monoisotopic (exact) mass is 296 g/mol. The minimum atomic E-state index is -0.848. The topological polar surface area (TPSA) is 17.1 Å². The number of carbonyl (C=O) groups is 1. The van der Waals surface area contributed by atoms with E-state index in [2.05, 4.69) is 15.9 Å². The van der Waals surface area contributed by atoms with Gasteiger partial charge in [-0.2, -0.15) is 0 Å². The molecular formula is C10H8BrClF2O. The van der Waals surface area contributed by atoms with Gasteiger partial charge < -0.3 is 0 Å². The van der Waals surface area contributed by atoms with Gasteiger partial charge in [-0.25, -0.2) is 8.78 Å². The Morgan fingerprint density at radius 1 is 1.47 bits per heavy atom. The lowest BCUT2D eigenvalue weighted by atomic mass is 10.1. The molecular weight excluding hydrogens is 289 g/mol. The summed E-state index contributed by atoms with van der Waals surface area (Å²) in [5, 5.41) is 0. The van der Waals surface area contributed by atoms with Gasteiger partial charge >= 0.3 is 0 Å². The van der Waals surface area contributed by atoms with E-state index in [0.29, 0.717) is 18.4 Å². The fraction of sp³-hybridized carbons (Fsp3) is 0.300. The van der Waals surface area contributed by atoms with Crippen molar-refractivity contribution in [3.63, 3.8) is 0 Å². The summed E-state index contributed by atoms with van der Waals surface area (Å²) in [4.78, 5) is 11.1. The Balaban J connectivity index is 2.91. The highest BCUT2D eigenvalue weighted by Gasteiger charge is 2.19. The van der Waals surface area contributed by atoms with Gasteiger partial charge in [0.15, 0.2) is 5.78 Å². The molecule has 0 fully saturated rings. The first-order valence-electron chi connectivity index (χ1n) is 4.25. The quantitative estimate of drug-likeness (QED) is 0.614. The number of hydrogen-bond acceptors (Lipinski definition) is 1. The molecule has 0 bridgehead atoms. The van der Waals surface area contributed by atoms with Crippen LogP contribution in [0.25, 0.3) is 0 Å². The van der Waals surface area contributed by atoms with Gasteiger partial charge in [-0.05, 0) is 18.6 Å². The van der Waals surface area contributed by atoms with Gasteiger partial charge in [0, 0.05) is 11.9 Å². The van der Waals surface area contributed by atoms with Crippen molar-refractivity contribution in [3.8, 4) is 0 Å². The Morgan fingerprint density at radius 2 is 2.13 bits per heavy atom. The Morgan fingerprint density at radius 3 is 2.67 bits per heavy atom. The molecule has 0 spiro atoms. The number of hydrogen-bond donors (Lipinski definition) is 0. The average molecular weight is 298 g/mol. The number of benzene rings is 1. The minimum Gasteiger partial charge on any atom is -0.293 e. The normalized spacial score (nSPS) is 12.5. The van der Waals surface area contributed by atoms with E-state index >= 15 is 0 Å². The van der Waals surface area contributed by atoms with Crippen molar-refractivity contribution in [1.82, 2.24) is 0 Å². The Labute approximate surface area is 99.6 Å². The maximum Gasteiger partial charge on any atom is 0.179 e. The molecule has 82 valence electrons. The number of rotatable bonds is 4. The van der Waals surface area contributed by atoms with Crippen molar-refractivity contribution >= 4 is 33.3 Å². The van der Waals surface area contributed by atoms with Crippen LogP contribution in [-0.4, -0.2) is 16.5 Å².